The van der Waals surface area contributed by atoms with Crippen LogP contribution in [-0.4, -0.2) is 68.8 Å². The molecule has 1 fully saturated rings. The summed E-state index contributed by atoms with van der Waals surface area (Å²) in [6, 6.07) is 12.3. The standard InChI is InChI=1S/C23H34N6O.HI/c1-4-28-12-14-29(15-13-28)22-10-7-20(17-26-22)18-27-23(24-3)25-11-16-30-21-8-5-19(2)6-9-21;/h5-10,17H,4,11-16,18H2,1-3H3,(H2,24,25,27);1H. The van der Waals surface area contributed by atoms with Gasteiger partial charge >= 0.3 is 0 Å². The van der Waals surface area contributed by atoms with Crippen molar-refractivity contribution in [2.24, 2.45) is 4.99 Å². The Balaban J connectivity index is 0.00000341. The van der Waals surface area contributed by atoms with E-state index >= 15 is 0 Å². The van der Waals surface area contributed by atoms with Crippen molar-refractivity contribution in [2.75, 3.05) is 57.8 Å². The van der Waals surface area contributed by atoms with Gasteiger partial charge in [-0.15, -0.1) is 24.0 Å². The molecule has 1 aliphatic heterocycles. The molecule has 0 saturated carbocycles. The van der Waals surface area contributed by atoms with Crippen LogP contribution in [-0.2, 0) is 6.54 Å². The number of likely N-dealkylation sites (N-methyl/N-ethyl adjacent to an activating group) is 1. The number of nitrogens with one attached hydrogen (secondary N) is 2. The second-order valence-electron chi connectivity index (χ2n) is 7.46. The predicted octanol–water partition coefficient (Wildman–Crippen LogP) is 2.89. The number of ether oxygens (including phenoxy) is 1. The molecule has 0 unspecified atom stereocenters. The SMILES string of the molecule is CCN1CCN(c2ccc(CNC(=NC)NCCOc3ccc(C)cc3)cn2)CC1.I. The number of aromatic nitrogens is 1. The van der Waals surface area contributed by atoms with E-state index in [0.717, 1.165) is 55.8 Å². The van der Waals surface area contributed by atoms with Crippen LogP contribution in [0.1, 0.15) is 18.1 Å². The molecule has 2 N–H and O–H groups in total. The number of piperazine rings is 1. The Morgan fingerprint density at radius 1 is 1.06 bits per heavy atom. The lowest BCUT2D eigenvalue weighted by molar-refractivity contribution is 0.270. The third-order valence-corrected chi connectivity index (χ3v) is 5.32. The van der Waals surface area contributed by atoms with Crippen molar-refractivity contribution in [1.82, 2.24) is 20.5 Å². The number of aliphatic imine (C=N–C) groups is 1. The van der Waals surface area contributed by atoms with E-state index in [1.807, 2.05) is 30.5 Å². The molecule has 31 heavy (non-hydrogen) atoms. The Morgan fingerprint density at radius 3 is 2.42 bits per heavy atom. The molecule has 1 aromatic heterocycles. The Morgan fingerprint density at radius 2 is 1.81 bits per heavy atom. The van der Waals surface area contributed by atoms with Crippen LogP contribution in [0.2, 0.25) is 0 Å². The summed E-state index contributed by atoms with van der Waals surface area (Å²) in [5, 5.41) is 6.60. The molecule has 0 aliphatic carbocycles. The Hall–Kier alpha value is -2.07. The molecule has 2 heterocycles. The van der Waals surface area contributed by atoms with Gasteiger partial charge in [-0.2, -0.15) is 0 Å². The van der Waals surface area contributed by atoms with Crippen LogP contribution in [0.15, 0.2) is 47.6 Å². The third-order valence-electron chi connectivity index (χ3n) is 5.32. The summed E-state index contributed by atoms with van der Waals surface area (Å²) in [6.45, 7) is 11.6. The van der Waals surface area contributed by atoms with Crippen LogP contribution in [0.25, 0.3) is 0 Å². The van der Waals surface area contributed by atoms with Crippen molar-refractivity contribution >= 4 is 35.8 Å². The van der Waals surface area contributed by atoms with Crippen LogP contribution in [0, 0.1) is 6.92 Å². The topological polar surface area (TPSA) is 65.0 Å². The summed E-state index contributed by atoms with van der Waals surface area (Å²) in [4.78, 5) is 13.8. The average Bonchev–Trinajstić information content (AvgIpc) is 2.80. The van der Waals surface area contributed by atoms with Crippen molar-refractivity contribution in [2.45, 2.75) is 20.4 Å². The van der Waals surface area contributed by atoms with Gasteiger partial charge in [-0.05, 0) is 37.2 Å². The number of rotatable bonds is 8. The first-order chi connectivity index (χ1) is 14.7. The van der Waals surface area contributed by atoms with Gasteiger partial charge in [0, 0.05) is 46.0 Å². The van der Waals surface area contributed by atoms with Gasteiger partial charge in [0.15, 0.2) is 5.96 Å². The molecule has 1 aliphatic rings. The summed E-state index contributed by atoms with van der Waals surface area (Å²) in [5.74, 6) is 2.69. The molecule has 1 saturated heterocycles. The van der Waals surface area contributed by atoms with E-state index in [-0.39, 0.29) is 24.0 Å². The van der Waals surface area contributed by atoms with Crippen LogP contribution >= 0.6 is 24.0 Å². The summed E-state index contributed by atoms with van der Waals surface area (Å²) >= 11 is 0. The van der Waals surface area contributed by atoms with Gasteiger partial charge in [0.05, 0.1) is 6.54 Å². The third kappa shape index (κ3) is 8.17. The minimum atomic E-state index is 0. The highest BCUT2D eigenvalue weighted by Crippen LogP contribution is 2.14. The van der Waals surface area contributed by atoms with E-state index in [1.165, 1.54) is 5.56 Å². The fourth-order valence-electron chi connectivity index (χ4n) is 3.38. The first kappa shape index (κ1) is 25.2. The molecule has 1 aromatic carbocycles. The van der Waals surface area contributed by atoms with Gasteiger partial charge in [-0.25, -0.2) is 4.98 Å². The summed E-state index contributed by atoms with van der Waals surface area (Å²) < 4.78 is 5.74. The summed E-state index contributed by atoms with van der Waals surface area (Å²) in [5.41, 5.74) is 2.36. The number of halogens is 1. The second-order valence-corrected chi connectivity index (χ2v) is 7.46. The minimum Gasteiger partial charge on any atom is -0.492 e. The highest BCUT2D eigenvalue weighted by molar-refractivity contribution is 14.0. The van der Waals surface area contributed by atoms with Crippen LogP contribution in [0.4, 0.5) is 5.82 Å². The zero-order valence-corrected chi connectivity index (χ0v) is 21.1. The van der Waals surface area contributed by atoms with Crippen molar-refractivity contribution < 1.29 is 4.74 Å². The Bertz CT molecular complexity index is 789. The number of guanidine groups is 1. The zero-order chi connectivity index (χ0) is 21.2. The highest BCUT2D eigenvalue weighted by atomic mass is 127. The van der Waals surface area contributed by atoms with Gasteiger partial charge in [0.25, 0.3) is 0 Å². The monoisotopic (exact) mass is 538 g/mol. The molecular weight excluding hydrogens is 503 g/mol. The van der Waals surface area contributed by atoms with E-state index in [0.29, 0.717) is 19.7 Å². The van der Waals surface area contributed by atoms with Gasteiger partial charge in [0.2, 0.25) is 0 Å². The maximum absolute atomic E-state index is 5.74. The molecule has 8 heteroatoms. The maximum Gasteiger partial charge on any atom is 0.191 e. The molecule has 7 nitrogen and oxygen atoms in total. The van der Waals surface area contributed by atoms with Gasteiger partial charge < -0.3 is 25.2 Å². The average molecular weight is 538 g/mol. The smallest absolute Gasteiger partial charge is 0.191 e. The largest absolute Gasteiger partial charge is 0.492 e. The van der Waals surface area contributed by atoms with Crippen LogP contribution in [0.5, 0.6) is 5.75 Å². The number of hydrogen-bond acceptors (Lipinski definition) is 5. The lowest BCUT2D eigenvalue weighted by Crippen LogP contribution is -2.46. The van der Waals surface area contributed by atoms with E-state index in [4.69, 9.17) is 4.74 Å². The number of nitrogens with zero attached hydrogens (tertiary/aromatic N) is 4. The number of hydrogen-bond donors (Lipinski definition) is 2. The predicted molar refractivity (Wildman–Crippen MR) is 139 cm³/mol. The molecular formula is C23H35IN6O. The van der Waals surface area contributed by atoms with E-state index < -0.39 is 0 Å². The van der Waals surface area contributed by atoms with Crippen LogP contribution < -0.4 is 20.3 Å². The van der Waals surface area contributed by atoms with Crippen molar-refractivity contribution in [3.63, 3.8) is 0 Å². The van der Waals surface area contributed by atoms with Gasteiger partial charge in [0.1, 0.15) is 18.2 Å². The number of anilines is 1. The lowest BCUT2D eigenvalue weighted by Gasteiger charge is -2.34. The maximum atomic E-state index is 5.74. The zero-order valence-electron chi connectivity index (χ0n) is 18.8. The van der Waals surface area contributed by atoms with E-state index in [1.54, 1.807) is 7.05 Å². The van der Waals surface area contributed by atoms with Gasteiger partial charge in [-0.1, -0.05) is 30.7 Å². The summed E-state index contributed by atoms with van der Waals surface area (Å²) in [7, 11) is 1.77. The van der Waals surface area contributed by atoms with Gasteiger partial charge in [-0.3, -0.25) is 4.99 Å². The van der Waals surface area contributed by atoms with Crippen molar-refractivity contribution in [3.8, 4) is 5.75 Å². The molecule has 0 amide bonds. The molecule has 170 valence electrons. The lowest BCUT2D eigenvalue weighted by atomic mass is 10.2. The first-order valence-corrected chi connectivity index (χ1v) is 10.7. The Kier molecular flexibility index (Phi) is 10.9. The van der Waals surface area contributed by atoms with Crippen molar-refractivity contribution in [1.29, 1.82) is 0 Å². The molecule has 0 radical (unpaired) electrons. The highest BCUT2D eigenvalue weighted by Gasteiger charge is 2.16. The number of benzene rings is 1. The fourth-order valence-corrected chi connectivity index (χ4v) is 3.38. The molecule has 2 aromatic rings. The fraction of sp³-hybridized carbons (Fsp3) is 0.478. The van der Waals surface area contributed by atoms with E-state index in [9.17, 15) is 0 Å². The molecule has 3 rings (SSSR count). The quantitative estimate of drug-likeness (QED) is 0.233. The Labute approximate surface area is 203 Å². The van der Waals surface area contributed by atoms with Crippen LogP contribution in [0.3, 0.4) is 0 Å². The molecule has 0 spiro atoms. The van der Waals surface area contributed by atoms with E-state index in [2.05, 4.69) is 56.4 Å². The van der Waals surface area contributed by atoms with Crippen molar-refractivity contribution in [3.05, 3.63) is 53.7 Å². The molecule has 0 bridgehead atoms. The summed E-state index contributed by atoms with van der Waals surface area (Å²) in [6.07, 6.45) is 1.95. The minimum absolute atomic E-state index is 0. The number of pyridine rings is 1. The molecule has 0 atom stereocenters. The normalized spacial score (nSPS) is 14.7. The number of aryl methyl sites for hydroxylation is 1. The second kappa shape index (κ2) is 13.4. The first-order valence-electron chi connectivity index (χ1n) is 10.7.